The van der Waals surface area contributed by atoms with Gasteiger partial charge in [-0.25, -0.2) is 4.79 Å². The summed E-state index contributed by atoms with van der Waals surface area (Å²) in [4.78, 5) is 17.5. The first-order chi connectivity index (χ1) is 8.77. The van der Waals surface area contributed by atoms with Crippen LogP contribution in [0.1, 0.15) is 0 Å². The fourth-order valence-corrected chi connectivity index (χ4v) is 1.36. The molecule has 1 rings (SSSR count). The predicted octanol–water partition coefficient (Wildman–Crippen LogP) is 1.21. The number of carbonyl (C=O) groups is 1. The number of amides is 2. The van der Waals surface area contributed by atoms with Crippen molar-refractivity contribution in [1.82, 2.24) is 9.88 Å². The molecule has 2 amide bonds. The fraction of sp³-hybridized carbons (Fsp3) is 0.500. The summed E-state index contributed by atoms with van der Waals surface area (Å²) in [5.41, 5.74) is 0.717. The monoisotopic (exact) mass is 253 g/mol. The molecule has 0 atom stereocenters. The van der Waals surface area contributed by atoms with Crippen LogP contribution in [0.3, 0.4) is 0 Å². The lowest BCUT2D eigenvalue weighted by molar-refractivity contribution is 0.127. The third-order valence-electron chi connectivity index (χ3n) is 2.35. The van der Waals surface area contributed by atoms with E-state index in [-0.39, 0.29) is 6.03 Å². The number of rotatable bonds is 7. The molecule has 1 aromatic rings. The van der Waals surface area contributed by atoms with E-state index < -0.39 is 0 Å². The molecule has 0 saturated heterocycles. The van der Waals surface area contributed by atoms with Crippen molar-refractivity contribution < 1.29 is 14.3 Å². The van der Waals surface area contributed by atoms with E-state index in [2.05, 4.69) is 10.3 Å². The van der Waals surface area contributed by atoms with E-state index >= 15 is 0 Å². The second-order valence-corrected chi connectivity index (χ2v) is 3.64. The Morgan fingerprint density at radius 2 is 1.78 bits per heavy atom. The number of aromatic nitrogens is 1. The topological polar surface area (TPSA) is 63.7 Å². The molecule has 6 heteroatoms. The van der Waals surface area contributed by atoms with Gasteiger partial charge in [-0.1, -0.05) is 0 Å². The molecule has 0 unspecified atom stereocenters. The number of methoxy groups -OCH3 is 2. The molecular weight excluding hydrogens is 234 g/mol. The van der Waals surface area contributed by atoms with Crippen molar-refractivity contribution in [2.45, 2.75) is 0 Å². The molecule has 100 valence electrons. The van der Waals surface area contributed by atoms with Crippen LogP contribution < -0.4 is 5.32 Å². The highest BCUT2D eigenvalue weighted by molar-refractivity contribution is 5.89. The van der Waals surface area contributed by atoms with Crippen LogP contribution in [0.2, 0.25) is 0 Å². The zero-order valence-corrected chi connectivity index (χ0v) is 10.8. The van der Waals surface area contributed by atoms with E-state index in [1.54, 1.807) is 43.6 Å². The molecule has 0 radical (unpaired) electrons. The Bertz CT molecular complexity index is 338. The lowest BCUT2D eigenvalue weighted by Crippen LogP contribution is -2.39. The van der Waals surface area contributed by atoms with E-state index in [9.17, 15) is 4.79 Å². The van der Waals surface area contributed by atoms with Gasteiger partial charge in [0.25, 0.3) is 0 Å². The average Bonchev–Trinajstić information content (AvgIpc) is 2.40. The van der Waals surface area contributed by atoms with Crippen LogP contribution >= 0.6 is 0 Å². The second kappa shape index (κ2) is 8.43. The highest BCUT2D eigenvalue weighted by Crippen LogP contribution is 2.05. The SMILES string of the molecule is COCCN(CCOC)C(=O)Nc1ccncc1. The Morgan fingerprint density at radius 3 is 2.28 bits per heavy atom. The lowest BCUT2D eigenvalue weighted by atomic mass is 10.4. The Hall–Kier alpha value is -1.66. The predicted molar refractivity (Wildman–Crippen MR) is 68.6 cm³/mol. The Kier molecular flexibility index (Phi) is 6.75. The van der Waals surface area contributed by atoms with Crippen molar-refractivity contribution in [3.8, 4) is 0 Å². The van der Waals surface area contributed by atoms with E-state index in [1.165, 1.54) is 0 Å². The minimum Gasteiger partial charge on any atom is -0.383 e. The third-order valence-corrected chi connectivity index (χ3v) is 2.35. The molecule has 18 heavy (non-hydrogen) atoms. The summed E-state index contributed by atoms with van der Waals surface area (Å²) in [5, 5.41) is 2.80. The first-order valence-corrected chi connectivity index (χ1v) is 5.71. The van der Waals surface area contributed by atoms with Gasteiger partial charge in [0, 0.05) is 45.4 Å². The molecule has 0 spiro atoms. The van der Waals surface area contributed by atoms with E-state index in [0.29, 0.717) is 26.3 Å². The summed E-state index contributed by atoms with van der Waals surface area (Å²) < 4.78 is 9.96. The maximum Gasteiger partial charge on any atom is 0.322 e. The van der Waals surface area contributed by atoms with Gasteiger partial charge in [-0.3, -0.25) is 4.98 Å². The number of anilines is 1. The Morgan fingerprint density at radius 1 is 1.22 bits per heavy atom. The van der Waals surface area contributed by atoms with Gasteiger partial charge < -0.3 is 19.7 Å². The van der Waals surface area contributed by atoms with Crippen LogP contribution in [-0.2, 0) is 9.47 Å². The van der Waals surface area contributed by atoms with Crippen molar-refractivity contribution in [2.24, 2.45) is 0 Å². The van der Waals surface area contributed by atoms with Crippen molar-refractivity contribution in [2.75, 3.05) is 45.8 Å². The maximum atomic E-state index is 12.0. The number of urea groups is 1. The van der Waals surface area contributed by atoms with Crippen LogP contribution in [-0.4, -0.2) is 56.4 Å². The second-order valence-electron chi connectivity index (χ2n) is 3.64. The zero-order valence-electron chi connectivity index (χ0n) is 10.8. The van der Waals surface area contributed by atoms with E-state index in [1.807, 2.05) is 0 Å². The van der Waals surface area contributed by atoms with Gasteiger partial charge in [-0.05, 0) is 12.1 Å². The molecular formula is C12H19N3O3. The van der Waals surface area contributed by atoms with Gasteiger partial charge in [-0.15, -0.1) is 0 Å². The van der Waals surface area contributed by atoms with Gasteiger partial charge in [0.15, 0.2) is 0 Å². The van der Waals surface area contributed by atoms with Gasteiger partial charge in [-0.2, -0.15) is 0 Å². The summed E-state index contributed by atoms with van der Waals surface area (Å²) in [6, 6.07) is 3.31. The molecule has 1 heterocycles. The van der Waals surface area contributed by atoms with Crippen LogP contribution in [0.25, 0.3) is 0 Å². The van der Waals surface area contributed by atoms with E-state index in [4.69, 9.17) is 9.47 Å². The quantitative estimate of drug-likeness (QED) is 0.793. The Balaban J connectivity index is 2.52. The number of hydrogen-bond donors (Lipinski definition) is 1. The minimum atomic E-state index is -0.171. The number of nitrogens with one attached hydrogen (secondary N) is 1. The number of ether oxygens (including phenoxy) is 2. The van der Waals surface area contributed by atoms with Crippen LogP contribution in [0.15, 0.2) is 24.5 Å². The maximum absolute atomic E-state index is 12.0. The van der Waals surface area contributed by atoms with Gasteiger partial charge >= 0.3 is 6.03 Å². The molecule has 0 bridgehead atoms. The molecule has 0 aromatic carbocycles. The summed E-state index contributed by atoms with van der Waals surface area (Å²) in [6.45, 7) is 2.04. The van der Waals surface area contributed by atoms with Gasteiger partial charge in [0.2, 0.25) is 0 Å². The molecule has 0 saturated carbocycles. The van der Waals surface area contributed by atoms with Gasteiger partial charge in [0.05, 0.1) is 13.2 Å². The summed E-state index contributed by atoms with van der Waals surface area (Å²) in [7, 11) is 3.21. The molecule has 6 nitrogen and oxygen atoms in total. The largest absolute Gasteiger partial charge is 0.383 e. The molecule has 1 aromatic heterocycles. The van der Waals surface area contributed by atoms with Crippen molar-refractivity contribution in [3.05, 3.63) is 24.5 Å². The summed E-state index contributed by atoms with van der Waals surface area (Å²) >= 11 is 0. The van der Waals surface area contributed by atoms with Crippen molar-refractivity contribution in [3.63, 3.8) is 0 Å². The van der Waals surface area contributed by atoms with Crippen molar-refractivity contribution >= 4 is 11.7 Å². The molecule has 0 aliphatic heterocycles. The minimum absolute atomic E-state index is 0.171. The van der Waals surface area contributed by atoms with Crippen molar-refractivity contribution in [1.29, 1.82) is 0 Å². The standard InChI is InChI=1S/C12H19N3O3/c1-17-9-7-15(8-10-18-2)12(16)14-11-3-5-13-6-4-11/h3-6H,7-10H2,1-2H3,(H,13,14,16). The molecule has 0 aliphatic rings. The number of hydrogen-bond acceptors (Lipinski definition) is 4. The molecule has 0 aliphatic carbocycles. The third kappa shape index (κ3) is 5.11. The smallest absolute Gasteiger partial charge is 0.322 e. The lowest BCUT2D eigenvalue weighted by Gasteiger charge is -2.22. The number of nitrogens with zero attached hydrogens (tertiary/aromatic N) is 2. The van der Waals surface area contributed by atoms with Crippen LogP contribution in [0.4, 0.5) is 10.5 Å². The van der Waals surface area contributed by atoms with Crippen LogP contribution in [0.5, 0.6) is 0 Å². The fourth-order valence-electron chi connectivity index (χ4n) is 1.36. The first kappa shape index (κ1) is 14.4. The normalized spacial score (nSPS) is 10.1. The number of pyridine rings is 1. The van der Waals surface area contributed by atoms with Crippen LogP contribution in [0, 0.1) is 0 Å². The Labute approximate surface area is 107 Å². The summed E-state index contributed by atoms with van der Waals surface area (Å²) in [5.74, 6) is 0. The highest BCUT2D eigenvalue weighted by atomic mass is 16.5. The number of carbonyl (C=O) groups excluding carboxylic acids is 1. The van der Waals surface area contributed by atoms with E-state index in [0.717, 1.165) is 5.69 Å². The highest BCUT2D eigenvalue weighted by Gasteiger charge is 2.12. The summed E-state index contributed by atoms with van der Waals surface area (Å²) in [6.07, 6.45) is 3.26. The zero-order chi connectivity index (χ0) is 13.2. The van der Waals surface area contributed by atoms with Gasteiger partial charge in [0.1, 0.15) is 0 Å². The average molecular weight is 253 g/mol. The molecule has 1 N–H and O–H groups in total. The molecule has 0 fully saturated rings. The first-order valence-electron chi connectivity index (χ1n) is 5.71.